The van der Waals surface area contributed by atoms with Crippen LogP contribution < -0.4 is 11.1 Å². The van der Waals surface area contributed by atoms with Crippen LogP contribution in [0.15, 0.2) is 42.5 Å². The number of aliphatic hydroxyl groups is 1. The number of hydrogen-bond donors (Lipinski definition) is 3. The molecule has 172 valence electrons. The number of benzene rings is 1. The number of rotatable bonds is 6. The Balaban J connectivity index is 1.71. The van der Waals surface area contributed by atoms with Crippen molar-refractivity contribution >= 4 is 33.6 Å². The highest BCUT2D eigenvalue weighted by atomic mass is 32.1. The van der Waals surface area contributed by atoms with Crippen LogP contribution in [0.5, 0.6) is 0 Å². The van der Waals surface area contributed by atoms with Crippen molar-refractivity contribution in [2.24, 2.45) is 5.73 Å². The molecule has 0 saturated carbocycles. The number of ether oxygens (including phenoxy) is 1. The van der Waals surface area contributed by atoms with Crippen molar-refractivity contribution in [2.75, 3.05) is 18.5 Å². The number of amides is 1. The van der Waals surface area contributed by atoms with Crippen LogP contribution in [-0.4, -0.2) is 29.2 Å². The Morgan fingerprint density at radius 1 is 1.24 bits per heavy atom. The second kappa shape index (κ2) is 9.01. The van der Waals surface area contributed by atoms with Crippen LogP contribution in [0.2, 0.25) is 0 Å². The summed E-state index contributed by atoms with van der Waals surface area (Å²) >= 11 is 0.990. The number of carbonyl (C=O) groups is 1. The fraction of sp³-hybridized carbons (Fsp3) is 0.250. The Kier molecular flexibility index (Phi) is 6.29. The number of nitrogens with zero attached hydrogens (tertiary/aromatic N) is 1. The standard InChI is InChI=1S/C24H23F2N3O3S/c1-24(2,31)14-10-16(25)21(17(26)11-14)19-12-15(22(27)30)23(33-19)29-20-5-3-4-18(28-20)13-6-8-32-9-7-13/h3-6,10-12,31H,7-9H2,1-2H3,(H2,27,30)(H,28,29). The third-order valence-corrected chi connectivity index (χ3v) is 6.34. The molecule has 9 heteroatoms. The van der Waals surface area contributed by atoms with Gasteiger partial charge in [-0.15, -0.1) is 11.3 Å². The molecule has 0 radical (unpaired) electrons. The van der Waals surface area contributed by atoms with Crippen LogP contribution in [0, 0.1) is 11.6 Å². The summed E-state index contributed by atoms with van der Waals surface area (Å²) in [5, 5.41) is 13.5. The Morgan fingerprint density at radius 3 is 2.58 bits per heavy atom. The predicted molar refractivity (Wildman–Crippen MR) is 124 cm³/mol. The lowest BCUT2D eigenvalue weighted by molar-refractivity contribution is 0.0778. The van der Waals surface area contributed by atoms with Crippen molar-refractivity contribution in [3.8, 4) is 10.4 Å². The minimum Gasteiger partial charge on any atom is -0.386 e. The summed E-state index contributed by atoms with van der Waals surface area (Å²) in [6.45, 7) is 4.03. The van der Waals surface area contributed by atoms with Crippen LogP contribution in [0.1, 0.15) is 41.9 Å². The van der Waals surface area contributed by atoms with Gasteiger partial charge in [0.2, 0.25) is 0 Å². The van der Waals surface area contributed by atoms with E-state index < -0.39 is 23.1 Å². The normalized spacial score (nSPS) is 14.2. The van der Waals surface area contributed by atoms with E-state index in [1.54, 1.807) is 6.07 Å². The van der Waals surface area contributed by atoms with Crippen molar-refractivity contribution in [2.45, 2.75) is 25.9 Å². The molecule has 1 aliphatic heterocycles. The van der Waals surface area contributed by atoms with E-state index in [-0.39, 0.29) is 21.6 Å². The lowest BCUT2D eigenvalue weighted by Gasteiger charge is -2.18. The topological polar surface area (TPSA) is 97.5 Å². The van der Waals surface area contributed by atoms with Crippen LogP contribution in [0.3, 0.4) is 0 Å². The fourth-order valence-electron chi connectivity index (χ4n) is 3.51. The first-order valence-electron chi connectivity index (χ1n) is 10.3. The highest BCUT2D eigenvalue weighted by Gasteiger charge is 2.24. The molecule has 6 nitrogen and oxygen atoms in total. The number of thiophene rings is 1. The summed E-state index contributed by atoms with van der Waals surface area (Å²) in [5.41, 5.74) is 5.87. The monoisotopic (exact) mass is 471 g/mol. The number of halogens is 2. The van der Waals surface area contributed by atoms with Gasteiger partial charge < -0.3 is 20.9 Å². The van der Waals surface area contributed by atoms with Gasteiger partial charge in [0, 0.05) is 4.88 Å². The third kappa shape index (κ3) is 4.95. The van der Waals surface area contributed by atoms with E-state index in [9.17, 15) is 18.7 Å². The zero-order chi connectivity index (χ0) is 23.8. The van der Waals surface area contributed by atoms with Crippen LogP contribution >= 0.6 is 11.3 Å². The van der Waals surface area contributed by atoms with Crippen LogP contribution in [-0.2, 0) is 10.3 Å². The largest absolute Gasteiger partial charge is 0.386 e. The van der Waals surface area contributed by atoms with Gasteiger partial charge in [-0.25, -0.2) is 13.8 Å². The van der Waals surface area contributed by atoms with Gasteiger partial charge in [0.25, 0.3) is 5.91 Å². The molecule has 4 N–H and O–H groups in total. The SMILES string of the molecule is CC(C)(O)c1cc(F)c(-c2cc(C(N)=O)c(Nc3cccc(C4=CCOCC4)n3)s2)c(F)c1. The maximum absolute atomic E-state index is 14.8. The quantitative estimate of drug-likeness (QED) is 0.472. The highest BCUT2D eigenvalue weighted by Crippen LogP contribution is 2.40. The minimum absolute atomic E-state index is 0.0952. The number of hydrogen-bond acceptors (Lipinski definition) is 6. The smallest absolute Gasteiger partial charge is 0.251 e. The number of nitrogens with one attached hydrogen (secondary N) is 1. The Labute approximate surface area is 193 Å². The fourth-order valence-corrected chi connectivity index (χ4v) is 4.63. The molecule has 1 amide bonds. The molecule has 4 rings (SSSR count). The number of carbonyl (C=O) groups excluding carboxylic acids is 1. The average Bonchev–Trinajstić information content (AvgIpc) is 3.17. The van der Waals surface area contributed by atoms with E-state index in [0.29, 0.717) is 24.0 Å². The number of aromatic nitrogens is 1. The summed E-state index contributed by atoms with van der Waals surface area (Å²) in [6, 6.07) is 8.96. The number of nitrogens with two attached hydrogens (primary N) is 1. The van der Waals surface area contributed by atoms with Gasteiger partial charge in [-0.2, -0.15) is 0 Å². The van der Waals surface area contributed by atoms with E-state index in [4.69, 9.17) is 10.5 Å². The van der Waals surface area contributed by atoms with Gasteiger partial charge in [-0.05, 0) is 61.7 Å². The summed E-state index contributed by atoms with van der Waals surface area (Å²) in [6.07, 6.45) is 2.71. The third-order valence-electron chi connectivity index (χ3n) is 5.28. The summed E-state index contributed by atoms with van der Waals surface area (Å²) in [5.74, 6) is -1.96. The molecule has 1 aliphatic rings. The van der Waals surface area contributed by atoms with E-state index in [2.05, 4.69) is 10.3 Å². The first-order chi connectivity index (χ1) is 15.6. The van der Waals surface area contributed by atoms with Crippen LogP contribution in [0.4, 0.5) is 19.6 Å². The molecule has 1 aromatic carbocycles. The molecule has 2 aromatic heterocycles. The summed E-state index contributed by atoms with van der Waals surface area (Å²) in [4.78, 5) is 16.8. The van der Waals surface area contributed by atoms with Crippen molar-refractivity contribution < 1.29 is 23.4 Å². The second-order valence-electron chi connectivity index (χ2n) is 8.18. The first-order valence-corrected chi connectivity index (χ1v) is 11.1. The minimum atomic E-state index is -1.41. The Hall–Kier alpha value is -3.14. The number of pyridine rings is 1. The second-order valence-corrected chi connectivity index (χ2v) is 9.23. The predicted octanol–water partition coefficient (Wildman–Crippen LogP) is 4.96. The van der Waals surface area contributed by atoms with Crippen molar-refractivity contribution in [1.82, 2.24) is 4.98 Å². The molecule has 33 heavy (non-hydrogen) atoms. The summed E-state index contributed by atoms with van der Waals surface area (Å²) < 4.78 is 35.0. The molecule has 0 fully saturated rings. The van der Waals surface area contributed by atoms with Gasteiger partial charge in [0.1, 0.15) is 22.5 Å². The Bertz CT molecular complexity index is 1220. The Morgan fingerprint density at radius 2 is 1.97 bits per heavy atom. The molecule has 0 saturated heterocycles. The zero-order valence-electron chi connectivity index (χ0n) is 18.1. The van der Waals surface area contributed by atoms with E-state index in [1.807, 2.05) is 18.2 Å². The summed E-state index contributed by atoms with van der Waals surface area (Å²) in [7, 11) is 0. The number of primary amides is 1. The number of anilines is 2. The van der Waals surface area contributed by atoms with Crippen LogP contribution in [0.25, 0.3) is 16.0 Å². The average molecular weight is 472 g/mol. The maximum Gasteiger partial charge on any atom is 0.251 e. The van der Waals surface area contributed by atoms with E-state index >= 15 is 0 Å². The van der Waals surface area contributed by atoms with E-state index in [1.165, 1.54) is 19.9 Å². The first kappa shape index (κ1) is 23.0. The maximum atomic E-state index is 14.8. The van der Waals surface area contributed by atoms with E-state index in [0.717, 1.165) is 41.2 Å². The van der Waals surface area contributed by atoms with Gasteiger partial charge in [0.15, 0.2) is 0 Å². The lowest BCUT2D eigenvalue weighted by Crippen LogP contribution is -2.16. The van der Waals surface area contributed by atoms with Crippen molar-refractivity contribution in [3.05, 3.63) is 70.9 Å². The molecule has 3 heterocycles. The molecule has 0 aliphatic carbocycles. The van der Waals surface area contributed by atoms with Gasteiger partial charge in [0.05, 0.1) is 35.6 Å². The molecular formula is C24H23F2N3O3S. The highest BCUT2D eigenvalue weighted by molar-refractivity contribution is 7.20. The van der Waals surface area contributed by atoms with Gasteiger partial charge >= 0.3 is 0 Å². The lowest BCUT2D eigenvalue weighted by atomic mass is 9.96. The molecule has 0 unspecified atom stereocenters. The molecular weight excluding hydrogens is 448 g/mol. The van der Waals surface area contributed by atoms with Crippen molar-refractivity contribution in [1.29, 1.82) is 0 Å². The van der Waals surface area contributed by atoms with Gasteiger partial charge in [-0.1, -0.05) is 12.1 Å². The molecule has 0 spiro atoms. The van der Waals surface area contributed by atoms with Gasteiger partial charge in [-0.3, -0.25) is 4.79 Å². The zero-order valence-corrected chi connectivity index (χ0v) is 18.9. The van der Waals surface area contributed by atoms with Crippen molar-refractivity contribution in [3.63, 3.8) is 0 Å². The molecule has 0 bridgehead atoms. The molecule has 3 aromatic rings. The molecule has 0 atom stereocenters.